The van der Waals surface area contributed by atoms with E-state index in [0.717, 1.165) is 21.5 Å². The van der Waals surface area contributed by atoms with Crippen molar-refractivity contribution in [3.8, 4) is 0 Å². The molecule has 0 spiro atoms. The van der Waals surface area contributed by atoms with Gasteiger partial charge >= 0.3 is 0 Å². The number of nitrogens with one attached hydrogen (secondary N) is 1. The fraction of sp³-hybridized carbons (Fsp3) is 0.333. The number of aliphatic hydroxyl groups is 1. The SMILES string of the molecule is COCCC1(O)CCN(C(=O)c2ccc(NSc3cccc4cccnc34)cc2)CC1. The van der Waals surface area contributed by atoms with E-state index in [1.807, 2.05) is 59.5 Å². The maximum atomic E-state index is 12.8. The van der Waals surface area contributed by atoms with Crippen LogP contribution in [0.1, 0.15) is 29.6 Å². The quantitative estimate of drug-likeness (QED) is 0.535. The number of carbonyl (C=O) groups is 1. The number of ether oxygens (including phenoxy) is 1. The number of pyridine rings is 1. The highest BCUT2D eigenvalue weighted by Crippen LogP contribution is 2.29. The number of anilines is 1. The number of fused-ring (bicyclic) bond motifs is 1. The number of amides is 1. The van der Waals surface area contributed by atoms with Crippen LogP contribution in [0, 0.1) is 0 Å². The minimum Gasteiger partial charge on any atom is -0.390 e. The number of methoxy groups -OCH3 is 1. The highest BCUT2D eigenvalue weighted by Gasteiger charge is 2.33. The van der Waals surface area contributed by atoms with E-state index in [-0.39, 0.29) is 5.91 Å². The highest BCUT2D eigenvalue weighted by molar-refractivity contribution is 8.00. The Labute approximate surface area is 186 Å². The average molecular weight is 438 g/mol. The van der Waals surface area contributed by atoms with Gasteiger partial charge in [0.2, 0.25) is 0 Å². The minimum atomic E-state index is -0.728. The zero-order valence-corrected chi connectivity index (χ0v) is 18.4. The lowest BCUT2D eigenvalue weighted by Crippen LogP contribution is -2.47. The van der Waals surface area contributed by atoms with Crippen molar-refractivity contribution in [2.24, 2.45) is 0 Å². The van der Waals surface area contributed by atoms with Crippen molar-refractivity contribution in [2.45, 2.75) is 29.8 Å². The van der Waals surface area contributed by atoms with E-state index in [9.17, 15) is 9.90 Å². The molecular formula is C24H27N3O3S. The first-order valence-corrected chi connectivity index (χ1v) is 11.3. The van der Waals surface area contributed by atoms with Gasteiger partial charge in [-0.2, -0.15) is 0 Å². The van der Waals surface area contributed by atoms with Gasteiger partial charge in [0.05, 0.1) is 16.0 Å². The Bertz CT molecular complexity index is 1030. The highest BCUT2D eigenvalue weighted by atomic mass is 32.2. The third-order valence-corrected chi connectivity index (χ3v) is 6.65. The second kappa shape index (κ2) is 9.68. The molecule has 0 bridgehead atoms. The molecule has 2 N–H and O–H groups in total. The first-order chi connectivity index (χ1) is 15.1. The van der Waals surface area contributed by atoms with Gasteiger partial charge in [-0.1, -0.05) is 18.2 Å². The number of rotatable bonds is 7. The van der Waals surface area contributed by atoms with Crippen molar-refractivity contribution in [1.29, 1.82) is 0 Å². The van der Waals surface area contributed by atoms with Crippen LogP contribution < -0.4 is 4.72 Å². The van der Waals surface area contributed by atoms with Gasteiger partial charge in [0.1, 0.15) is 0 Å². The van der Waals surface area contributed by atoms with Gasteiger partial charge in [-0.25, -0.2) is 0 Å². The molecule has 1 amide bonds. The average Bonchev–Trinajstić information content (AvgIpc) is 2.82. The summed E-state index contributed by atoms with van der Waals surface area (Å²) in [5, 5.41) is 11.7. The predicted octanol–water partition coefficient (Wildman–Crippen LogP) is 4.36. The molecule has 2 aromatic carbocycles. The lowest BCUT2D eigenvalue weighted by molar-refractivity contribution is -0.0365. The van der Waals surface area contributed by atoms with Gasteiger partial charge < -0.3 is 19.5 Å². The zero-order valence-electron chi connectivity index (χ0n) is 17.6. The maximum Gasteiger partial charge on any atom is 0.253 e. The van der Waals surface area contributed by atoms with Crippen molar-refractivity contribution in [1.82, 2.24) is 9.88 Å². The minimum absolute atomic E-state index is 0.00579. The normalized spacial score (nSPS) is 15.7. The Hall–Kier alpha value is -2.61. The second-order valence-corrected chi connectivity index (χ2v) is 8.72. The third-order valence-electron chi connectivity index (χ3n) is 5.76. The molecule has 1 aromatic heterocycles. The summed E-state index contributed by atoms with van der Waals surface area (Å²) in [6, 6.07) is 17.6. The van der Waals surface area contributed by atoms with Crippen LogP contribution in [-0.4, -0.2) is 53.3 Å². The van der Waals surface area contributed by atoms with Crippen LogP contribution in [0.4, 0.5) is 5.69 Å². The molecule has 0 saturated carbocycles. The van der Waals surface area contributed by atoms with E-state index in [2.05, 4.69) is 9.71 Å². The Balaban J connectivity index is 1.34. The lowest BCUT2D eigenvalue weighted by atomic mass is 9.88. The summed E-state index contributed by atoms with van der Waals surface area (Å²) >= 11 is 1.51. The molecule has 0 radical (unpaired) electrons. The molecule has 4 rings (SSSR count). The maximum absolute atomic E-state index is 12.8. The van der Waals surface area contributed by atoms with Crippen LogP contribution in [0.2, 0.25) is 0 Å². The van der Waals surface area contributed by atoms with Crippen molar-refractivity contribution in [2.75, 3.05) is 31.5 Å². The smallest absolute Gasteiger partial charge is 0.253 e. The fourth-order valence-electron chi connectivity index (χ4n) is 3.80. The van der Waals surface area contributed by atoms with Crippen LogP contribution in [0.5, 0.6) is 0 Å². The fourth-order valence-corrected chi connectivity index (χ4v) is 4.58. The first kappa shape index (κ1) is 21.6. The number of hydrogen-bond acceptors (Lipinski definition) is 6. The number of piperidine rings is 1. The van der Waals surface area contributed by atoms with Crippen molar-refractivity contribution >= 4 is 34.4 Å². The first-order valence-electron chi connectivity index (χ1n) is 10.5. The largest absolute Gasteiger partial charge is 0.390 e. The molecule has 3 aromatic rings. The van der Waals surface area contributed by atoms with Crippen LogP contribution >= 0.6 is 11.9 Å². The van der Waals surface area contributed by atoms with Gasteiger partial charge in [-0.3, -0.25) is 9.78 Å². The standard InChI is InChI=1S/C24H27N3O3S/c1-30-17-13-24(29)11-15-27(16-12-24)23(28)19-7-9-20(10-8-19)26-31-21-6-2-4-18-5-3-14-25-22(18)21/h2-10,14,26,29H,11-13,15-17H2,1H3. The summed E-state index contributed by atoms with van der Waals surface area (Å²) in [5.41, 5.74) is 1.81. The summed E-state index contributed by atoms with van der Waals surface area (Å²) in [6.07, 6.45) is 3.57. The van der Waals surface area contributed by atoms with Gasteiger partial charge in [-0.15, -0.1) is 0 Å². The van der Waals surface area contributed by atoms with Crippen LogP contribution in [-0.2, 0) is 4.74 Å². The molecule has 0 atom stereocenters. The third kappa shape index (κ3) is 5.18. The number of carbonyl (C=O) groups excluding carboxylic acids is 1. The van der Waals surface area contributed by atoms with Crippen molar-refractivity contribution in [3.05, 3.63) is 66.4 Å². The topological polar surface area (TPSA) is 74.7 Å². The van der Waals surface area contributed by atoms with Crippen LogP contribution in [0.25, 0.3) is 10.9 Å². The summed E-state index contributed by atoms with van der Waals surface area (Å²) in [5.74, 6) is 0.00579. The van der Waals surface area contributed by atoms with Crippen molar-refractivity contribution < 1.29 is 14.6 Å². The summed E-state index contributed by atoms with van der Waals surface area (Å²) in [7, 11) is 1.64. The van der Waals surface area contributed by atoms with Crippen LogP contribution in [0.15, 0.2) is 65.7 Å². The predicted molar refractivity (Wildman–Crippen MR) is 124 cm³/mol. The molecule has 0 unspecified atom stereocenters. The molecule has 1 saturated heterocycles. The molecule has 162 valence electrons. The van der Waals surface area contributed by atoms with Crippen molar-refractivity contribution in [3.63, 3.8) is 0 Å². The molecule has 1 aliphatic rings. The Morgan fingerprint density at radius 2 is 1.90 bits per heavy atom. The van der Waals surface area contributed by atoms with E-state index in [0.29, 0.717) is 44.5 Å². The number of benzene rings is 2. The molecule has 6 nitrogen and oxygen atoms in total. The van der Waals surface area contributed by atoms with Crippen LogP contribution in [0.3, 0.4) is 0 Å². The zero-order chi connectivity index (χ0) is 21.7. The molecule has 2 heterocycles. The summed E-state index contributed by atoms with van der Waals surface area (Å²) in [4.78, 5) is 20.2. The number of nitrogens with zero attached hydrogens (tertiary/aromatic N) is 2. The lowest BCUT2D eigenvalue weighted by Gasteiger charge is -2.38. The number of likely N-dealkylation sites (tertiary alicyclic amines) is 1. The van der Waals surface area contributed by atoms with Gasteiger partial charge in [0, 0.05) is 49.6 Å². The molecule has 7 heteroatoms. The van der Waals surface area contributed by atoms with E-state index in [1.54, 1.807) is 13.3 Å². The Morgan fingerprint density at radius 3 is 2.65 bits per heavy atom. The van der Waals surface area contributed by atoms with Gasteiger partial charge in [0.25, 0.3) is 5.91 Å². The van der Waals surface area contributed by atoms with E-state index in [1.165, 1.54) is 11.9 Å². The number of hydrogen-bond donors (Lipinski definition) is 2. The second-order valence-electron chi connectivity index (χ2n) is 7.87. The summed E-state index contributed by atoms with van der Waals surface area (Å²) in [6.45, 7) is 1.65. The number of para-hydroxylation sites is 1. The molecule has 31 heavy (non-hydrogen) atoms. The van der Waals surface area contributed by atoms with E-state index < -0.39 is 5.60 Å². The molecular weight excluding hydrogens is 410 g/mol. The number of aromatic nitrogens is 1. The van der Waals surface area contributed by atoms with Gasteiger partial charge in [-0.05, 0) is 67.6 Å². The summed E-state index contributed by atoms with van der Waals surface area (Å²) < 4.78 is 8.42. The molecule has 1 fully saturated rings. The Morgan fingerprint density at radius 1 is 1.16 bits per heavy atom. The Kier molecular flexibility index (Phi) is 6.75. The van der Waals surface area contributed by atoms with E-state index in [4.69, 9.17) is 4.74 Å². The molecule has 0 aliphatic carbocycles. The molecule has 1 aliphatic heterocycles. The van der Waals surface area contributed by atoms with Gasteiger partial charge in [0.15, 0.2) is 0 Å². The van der Waals surface area contributed by atoms with E-state index >= 15 is 0 Å². The monoisotopic (exact) mass is 437 g/mol.